The van der Waals surface area contributed by atoms with E-state index in [0.717, 1.165) is 22.4 Å². The molecule has 5 heteroatoms. The van der Waals surface area contributed by atoms with E-state index in [1.165, 1.54) is 11.1 Å². The molecule has 0 saturated carbocycles. The minimum atomic E-state index is -1.91. The lowest BCUT2D eigenvalue weighted by atomic mass is 9.56. The Morgan fingerprint density at radius 3 is 1.50 bits per heavy atom. The first-order valence-corrected chi connectivity index (χ1v) is 19.0. The third kappa shape index (κ3) is 3.86. The molecule has 178 valence electrons. The van der Waals surface area contributed by atoms with Crippen molar-refractivity contribution in [1.82, 2.24) is 4.23 Å². The van der Waals surface area contributed by atoms with Crippen LogP contribution in [-0.4, -0.2) is 20.7 Å². The van der Waals surface area contributed by atoms with Crippen LogP contribution >= 0.6 is 0 Å². The van der Waals surface area contributed by atoms with Gasteiger partial charge in [0.05, 0.1) is 23.6 Å². The molecule has 1 unspecified atom stereocenters. The van der Waals surface area contributed by atoms with E-state index in [9.17, 15) is 10.5 Å². The van der Waals surface area contributed by atoms with Gasteiger partial charge in [-0.15, -0.1) is 0 Å². The van der Waals surface area contributed by atoms with Crippen molar-refractivity contribution in [3.8, 4) is 12.1 Å². The number of allylic oxidation sites excluding steroid dienone is 2. The molecule has 0 spiro atoms. The molecule has 3 nitrogen and oxygen atoms in total. The zero-order valence-corrected chi connectivity index (χ0v) is 24.5. The van der Waals surface area contributed by atoms with Crippen molar-refractivity contribution >= 4 is 16.5 Å². The first-order chi connectivity index (χ1) is 15.6. The molecule has 3 atom stereocenters. The Bertz CT molecular complexity index is 1170. The summed E-state index contributed by atoms with van der Waals surface area (Å²) in [5.74, 6) is -0.422. The van der Waals surface area contributed by atoms with Crippen LogP contribution in [0.5, 0.6) is 0 Å². The van der Waals surface area contributed by atoms with Crippen LogP contribution in [0.2, 0.25) is 39.3 Å². The summed E-state index contributed by atoms with van der Waals surface area (Å²) < 4.78 is 2.60. The average Bonchev–Trinajstić information content (AvgIpc) is 2.91. The Balaban J connectivity index is 2.51. The van der Waals surface area contributed by atoms with Crippen molar-refractivity contribution < 1.29 is 0 Å². The van der Waals surface area contributed by atoms with E-state index in [4.69, 9.17) is 0 Å². The van der Waals surface area contributed by atoms with Crippen molar-refractivity contribution in [3.63, 3.8) is 0 Å². The standard InChI is InChI=1S/C29H39N3Si2/c1-21-11-15-23(16-12-21)28(3)25(19-30)27(32(33(5,6)7)34(8,9)10)26(20-31)29(28,4)24-17-13-22(2)14-18-24/h11-18,25H,1-10H3/t25?,28-,29-/m1/s1. The number of hydrogen-bond acceptors (Lipinski definition) is 3. The molecule has 1 aliphatic rings. The molecule has 3 rings (SSSR count). The molecule has 0 saturated heterocycles. The highest BCUT2D eigenvalue weighted by Crippen LogP contribution is 2.62. The Kier molecular flexibility index (Phi) is 6.55. The van der Waals surface area contributed by atoms with Crippen molar-refractivity contribution in [2.75, 3.05) is 0 Å². The van der Waals surface area contributed by atoms with Gasteiger partial charge in [0.1, 0.15) is 16.5 Å². The predicted octanol–water partition coefficient (Wildman–Crippen LogP) is 7.42. The first kappa shape index (κ1) is 26.0. The average molecular weight is 486 g/mol. The molecule has 0 aliphatic heterocycles. The Morgan fingerprint density at radius 2 is 1.15 bits per heavy atom. The molecule has 0 heterocycles. The molecule has 2 aromatic carbocycles. The van der Waals surface area contributed by atoms with E-state index >= 15 is 0 Å². The third-order valence-electron chi connectivity index (χ3n) is 7.75. The maximum Gasteiger partial charge on any atom is 0.138 e. The summed E-state index contributed by atoms with van der Waals surface area (Å²) in [6.45, 7) is 22.6. The van der Waals surface area contributed by atoms with Crippen LogP contribution in [0.4, 0.5) is 0 Å². The molecule has 0 radical (unpaired) electrons. The minimum absolute atomic E-state index is 0.422. The molecule has 1 aliphatic carbocycles. The monoisotopic (exact) mass is 485 g/mol. The molecule has 0 aromatic heterocycles. The zero-order valence-electron chi connectivity index (χ0n) is 22.5. The Labute approximate surface area is 208 Å². The minimum Gasteiger partial charge on any atom is -0.426 e. The molecule has 0 bridgehead atoms. The normalized spacial score (nSPS) is 25.1. The second kappa shape index (κ2) is 8.56. The van der Waals surface area contributed by atoms with Gasteiger partial charge < -0.3 is 4.23 Å². The number of hydrogen-bond donors (Lipinski definition) is 0. The van der Waals surface area contributed by atoms with Crippen molar-refractivity contribution in [1.29, 1.82) is 10.5 Å². The van der Waals surface area contributed by atoms with Crippen LogP contribution < -0.4 is 0 Å². The molecule has 0 amide bonds. The largest absolute Gasteiger partial charge is 0.426 e. The topological polar surface area (TPSA) is 50.8 Å². The van der Waals surface area contributed by atoms with Gasteiger partial charge in [-0.2, -0.15) is 10.5 Å². The number of nitriles is 2. The van der Waals surface area contributed by atoms with Crippen LogP contribution in [0.3, 0.4) is 0 Å². The summed E-state index contributed by atoms with van der Waals surface area (Å²) in [5.41, 5.74) is 5.09. The highest BCUT2D eigenvalue weighted by Gasteiger charge is 2.63. The van der Waals surface area contributed by atoms with E-state index < -0.39 is 33.2 Å². The van der Waals surface area contributed by atoms with E-state index in [1.54, 1.807) is 0 Å². The van der Waals surface area contributed by atoms with Crippen LogP contribution in [-0.2, 0) is 10.8 Å². The van der Waals surface area contributed by atoms with Gasteiger partial charge in [-0.05, 0) is 31.9 Å². The van der Waals surface area contributed by atoms with Gasteiger partial charge in [-0.3, -0.25) is 0 Å². The quantitative estimate of drug-likeness (QED) is 0.414. The van der Waals surface area contributed by atoms with Crippen LogP contribution in [0.15, 0.2) is 59.8 Å². The lowest BCUT2D eigenvalue weighted by molar-refractivity contribution is 0.282. The van der Waals surface area contributed by atoms with Gasteiger partial charge in [0.25, 0.3) is 0 Å². The molecule has 34 heavy (non-hydrogen) atoms. The maximum atomic E-state index is 10.8. The van der Waals surface area contributed by atoms with E-state index in [-0.39, 0.29) is 0 Å². The van der Waals surface area contributed by atoms with Gasteiger partial charge in [0, 0.05) is 16.5 Å². The summed E-state index contributed by atoms with van der Waals surface area (Å²) in [6, 6.07) is 22.6. The molecular formula is C29H39N3Si2. The highest BCUT2D eigenvalue weighted by molar-refractivity contribution is 6.90. The fourth-order valence-electron chi connectivity index (χ4n) is 6.24. The third-order valence-corrected chi connectivity index (χ3v) is 14.9. The molecule has 2 aromatic rings. The van der Waals surface area contributed by atoms with Gasteiger partial charge in [0.15, 0.2) is 0 Å². The molecule has 0 N–H and O–H groups in total. The SMILES string of the molecule is Cc1ccc([C@]2(C)C(C#N)=C(N([Si](C)(C)C)[Si](C)(C)C)C(C#N)[C@@]2(C)c2ccc(C)cc2)cc1. The van der Waals surface area contributed by atoms with E-state index in [0.29, 0.717) is 0 Å². The number of benzene rings is 2. The maximum absolute atomic E-state index is 10.8. The highest BCUT2D eigenvalue weighted by atomic mass is 28.4. The molecule has 0 fully saturated rings. The summed E-state index contributed by atoms with van der Waals surface area (Å²) in [4.78, 5) is 0. The lowest BCUT2D eigenvalue weighted by Gasteiger charge is -2.49. The summed E-state index contributed by atoms with van der Waals surface area (Å²) in [7, 11) is -3.83. The van der Waals surface area contributed by atoms with Gasteiger partial charge in [-0.25, -0.2) is 0 Å². The predicted molar refractivity (Wildman–Crippen MR) is 147 cm³/mol. The van der Waals surface area contributed by atoms with Crippen LogP contribution in [0, 0.1) is 42.4 Å². The van der Waals surface area contributed by atoms with E-state index in [2.05, 4.69) is 132 Å². The smallest absolute Gasteiger partial charge is 0.138 e. The van der Waals surface area contributed by atoms with Gasteiger partial charge in [-0.1, -0.05) is 106 Å². The van der Waals surface area contributed by atoms with Crippen LogP contribution in [0.25, 0.3) is 0 Å². The fraction of sp³-hybridized carbons (Fsp3) is 0.448. The van der Waals surface area contributed by atoms with Crippen molar-refractivity contribution in [2.24, 2.45) is 5.92 Å². The Hall–Kier alpha value is -2.61. The Morgan fingerprint density at radius 1 is 0.735 bits per heavy atom. The lowest BCUT2D eigenvalue weighted by Crippen LogP contribution is -2.59. The van der Waals surface area contributed by atoms with Gasteiger partial charge >= 0.3 is 0 Å². The number of nitrogens with zero attached hydrogens (tertiary/aromatic N) is 3. The summed E-state index contributed by atoms with van der Waals surface area (Å²) in [5, 5.41) is 21.6. The summed E-state index contributed by atoms with van der Waals surface area (Å²) in [6.07, 6.45) is 0. The van der Waals surface area contributed by atoms with E-state index in [1.807, 2.05) is 0 Å². The number of rotatable bonds is 5. The summed E-state index contributed by atoms with van der Waals surface area (Å²) >= 11 is 0. The van der Waals surface area contributed by atoms with Gasteiger partial charge in [0.2, 0.25) is 0 Å². The molecular weight excluding hydrogens is 447 g/mol. The fourth-order valence-corrected chi connectivity index (χ4v) is 16.2. The number of aryl methyl sites for hydroxylation is 2. The van der Waals surface area contributed by atoms with Crippen LogP contribution in [0.1, 0.15) is 36.1 Å². The van der Waals surface area contributed by atoms with Crippen molar-refractivity contribution in [2.45, 2.75) is 77.8 Å². The van der Waals surface area contributed by atoms with Crippen molar-refractivity contribution in [3.05, 3.63) is 82.1 Å². The first-order valence-electron chi connectivity index (χ1n) is 12.1. The second-order valence-corrected chi connectivity index (χ2v) is 22.2. The zero-order chi connectivity index (χ0) is 25.7. The second-order valence-electron chi connectivity index (χ2n) is 12.2.